The summed E-state index contributed by atoms with van der Waals surface area (Å²) in [5.74, 6) is 1.52. The van der Waals surface area contributed by atoms with Crippen LogP contribution >= 0.6 is 0 Å². The number of likely N-dealkylation sites (tertiary alicyclic amines) is 1. The first-order valence-corrected chi connectivity index (χ1v) is 7.68. The summed E-state index contributed by atoms with van der Waals surface area (Å²) < 4.78 is 5.72. The van der Waals surface area contributed by atoms with Crippen LogP contribution in [0.5, 0.6) is 0 Å². The molecule has 5 heteroatoms. The van der Waals surface area contributed by atoms with E-state index in [0.717, 1.165) is 11.3 Å². The van der Waals surface area contributed by atoms with Gasteiger partial charge < -0.3 is 14.4 Å². The van der Waals surface area contributed by atoms with Crippen LogP contribution in [-0.2, 0) is 11.2 Å². The van der Waals surface area contributed by atoms with Crippen LogP contribution in [0.4, 0.5) is 0 Å². The molecule has 1 N–H and O–H groups in total. The third kappa shape index (κ3) is 3.54. The standard InChI is InChI=1S/C17H20N2O3/c20-14-9-10-19(12-14)17(21)8-4-7-16-18-11-15(22-16)13-5-2-1-3-6-13/h1-3,5-6,11,14,20H,4,7-10,12H2/t14-/m0/s1. The van der Waals surface area contributed by atoms with Gasteiger partial charge in [-0.2, -0.15) is 0 Å². The van der Waals surface area contributed by atoms with E-state index in [1.54, 1.807) is 11.1 Å². The molecule has 0 radical (unpaired) electrons. The van der Waals surface area contributed by atoms with Crippen molar-refractivity contribution in [2.45, 2.75) is 31.8 Å². The molecule has 5 nitrogen and oxygen atoms in total. The second kappa shape index (κ2) is 6.75. The van der Waals surface area contributed by atoms with Gasteiger partial charge in [0.15, 0.2) is 11.7 Å². The largest absolute Gasteiger partial charge is 0.441 e. The highest BCUT2D eigenvalue weighted by atomic mass is 16.4. The highest BCUT2D eigenvalue weighted by molar-refractivity contribution is 5.76. The maximum atomic E-state index is 12.0. The van der Waals surface area contributed by atoms with Crippen LogP contribution in [0.15, 0.2) is 40.9 Å². The molecule has 2 aromatic rings. The van der Waals surface area contributed by atoms with E-state index in [1.165, 1.54) is 0 Å². The molecule has 0 saturated carbocycles. The van der Waals surface area contributed by atoms with Crippen LogP contribution in [-0.4, -0.2) is 40.1 Å². The van der Waals surface area contributed by atoms with Crippen LogP contribution in [0.3, 0.4) is 0 Å². The third-order valence-electron chi connectivity index (χ3n) is 3.91. The number of β-amino-alcohol motifs (C(OH)–C–C–N with tert-alkyl or cyclic N) is 1. The number of carbonyl (C=O) groups excluding carboxylic acids is 1. The number of hydrogen-bond acceptors (Lipinski definition) is 4. The lowest BCUT2D eigenvalue weighted by molar-refractivity contribution is -0.130. The topological polar surface area (TPSA) is 66.6 Å². The van der Waals surface area contributed by atoms with Gasteiger partial charge in [-0.25, -0.2) is 4.98 Å². The van der Waals surface area contributed by atoms with E-state index in [0.29, 0.717) is 44.7 Å². The van der Waals surface area contributed by atoms with Crippen molar-refractivity contribution in [3.05, 3.63) is 42.4 Å². The van der Waals surface area contributed by atoms with E-state index in [2.05, 4.69) is 4.98 Å². The van der Waals surface area contributed by atoms with E-state index in [9.17, 15) is 9.90 Å². The second-order valence-corrected chi connectivity index (χ2v) is 5.62. The van der Waals surface area contributed by atoms with Crippen molar-refractivity contribution in [2.75, 3.05) is 13.1 Å². The summed E-state index contributed by atoms with van der Waals surface area (Å²) in [7, 11) is 0. The first kappa shape index (κ1) is 14.8. The van der Waals surface area contributed by atoms with Gasteiger partial charge in [-0.1, -0.05) is 30.3 Å². The lowest BCUT2D eigenvalue weighted by Crippen LogP contribution is -2.29. The van der Waals surface area contributed by atoms with Crippen molar-refractivity contribution in [3.8, 4) is 11.3 Å². The number of amides is 1. The van der Waals surface area contributed by atoms with E-state index in [-0.39, 0.29) is 12.0 Å². The number of aromatic nitrogens is 1. The molecule has 0 spiro atoms. The molecule has 1 aromatic heterocycles. The Kier molecular flexibility index (Phi) is 4.53. The Bertz CT molecular complexity index is 624. The molecular weight excluding hydrogens is 280 g/mol. The molecule has 0 aliphatic carbocycles. The van der Waals surface area contributed by atoms with Crippen molar-refractivity contribution in [2.24, 2.45) is 0 Å². The number of aliphatic hydroxyl groups excluding tert-OH is 1. The minimum absolute atomic E-state index is 0.103. The SMILES string of the molecule is O=C(CCCc1ncc(-c2ccccc2)o1)N1CC[C@H](O)C1. The average Bonchev–Trinajstić information content (AvgIpc) is 3.17. The molecule has 1 saturated heterocycles. The van der Waals surface area contributed by atoms with E-state index in [4.69, 9.17) is 4.42 Å². The first-order valence-electron chi connectivity index (χ1n) is 7.68. The summed E-state index contributed by atoms with van der Waals surface area (Å²) in [5, 5.41) is 9.44. The zero-order valence-corrected chi connectivity index (χ0v) is 12.4. The highest BCUT2D eigenvalue weighted by Crippen LogP contribution is 2.20. The Morgan fingerprint density at radius 3 is 2.91 bits per heavy atom. The maximum absolute atomic E-state index is 12.0. The fourth-order valence-electron chi connectivity index (χ4n) is 2.68. The minimum atomic E-state index is -0.357. The maximum Gasteiger partial charge on any atom is 0.222 e. The zero-order chi connectivity index (χ0) is 15.4. The van der Waals surface area contributed by atoms with Crippen LogP contribution in [0, 0.1) is 0 Å². The van der Waals surface area contributed by atoms with Gasteiger partial charge >= 0.3 is 0 Å². The number of benzene rings is 1. The van der Waals surface area contributed by atoms with Gasteiger partial charge in [0, 0.05) is 31.5 Å². The normalized spacial score (nSPS) is 17.9. The molecule has 1 aliphatic heterocycles. The van der Waals surface area contributed by atoms with Crippen molar-refractivity contribution in [1.29, 1.82) is 0 Å². The number of rotatable bonds is 5. The van der Waals surface area contributed by atoms with Crippen LogP contribution in [0.1, 0.15) is 25.2 Å². The summed E-state index contributed by atoms with van der Waals surface area (Å²) in [4.78, 5) is 18.0. The number of carbonyl (C=O) groups is 1. The highest BCUT2D eigenvalue weighted by Gasteiger charge is 2.23. The van der Waals surface area contributed by atoms with E-state index < -0.39 is 0 Å². The van der Waals surface area contributed by atoms with Crippen molar-refractivity contribution >= 4 is 5.91 Å². The Morgan fingerprint density at radius 1 is 1.36 bits per heavy atom. The van der Waals surface area contributed by atoms with Gasteiger partial charge in [-0.05, 0) is 12.8 Å². The summed E-state index contributed by atoms with van der Waals surface area (Å²) in [6.07, 6.45) is 3.88. The molecule has 1 aliphatic rings. The van der Waals surface area contributed by atoms with Crippen LogP contribution < -0.4 is 0 Å². The number of hydrogen-bond donors (Lipinski definition) is 1. The molecule has 1 aromatic carbocycles. The molecule has 1 fully saturated rings. The van der Waals surface area contributed by atoms with Gasteiger partial charge in [0.25, 0.3) is 0 Å². The molecule has 0 unspecified atom stereocenters. The van der Waals surface area contributed by atoms with Gasteiger partial charge in [0.2, 0.25) is 5.91 Å². The number of aliphatic hydroxyl groups is 1. The molecule has 116 valence electrons. The Morgan fingerprint density at radius 2 is 2.18 bits per heavy atom. The Balaban J connectivity index is 1.48. The number of oxazole rings is 1. The van der Waals surface area contributed by atoms with Crippen molar-refractivity contribution in [1.82, 2.24) is 9.88 Å². The average molecular weight is 300 g/mol. The molecule has 1 amide bonds. The lowest BCUT2D eigenvalue weighted by atomic mass is 10.2. The van der Waals surface area contributed by atoms with Gasteiger partial charge in [0.05, 0.1) is 12.3 Å². The van der Waals surface area contributed by atoms with E-state index >= 15 is 0 Å². The molecule has 2 heterocycles. The van der Waals surface area contributed by atoms with Crippen LogP contribution in [0.2, 0.25) is 0 Å². The minimum Gasteiger partial charge on any atom is -0.441 e. The smallest absolute Gasteiger partial charge is 0.222 e. The third-order valence-corrected chi connectivity index (χ3v) is 3.91. The summed E-state index contributed by atoms with van der Waals surface area (Å²) >= 11 is 0. The van der Waals surface area contributed by atoms with Crippen molar-refractivity contribution in [3.63, 3.8) is 0 Å². The lowest BCUT2D eigenvalue weighted by Gasteiger charge is -2.14. The quantitative estimate of drug-likeness (QED) is 0.919. The molecular formula is C17H20N2O3. The first-order chi connectivity index (χ1) is 10.7. The molecule has 1 atom stereocenters. The summed E-state index contributed by atoms with van der Waals surface area (Å²) in [6, 6.07) is 9.84. The fourth-order valence-corrected chi connectivity index (χ4v) is 2.68. The number of aryl methyl sites for hydroxylation is 1. The molecule has 22 heavy (non-hydrogen) atoms. The predicted molar refractivity (Wildman–Crippen MR) is 82.1 cm³/mol. The van der Waals surface area contributed by atoms with Crippen LogP contribution in [0.25, 0.3) is 11.3 Å². The van der Waals surface area contributed by atoms with Gasteiger partial charge in [-0.3, -0.25) is 4.79 Å². The van der Waals surface area contributed by atoms with Crippen molar-refractivity contribution < 1.29 is 14.3 Å². The monoisotopic (exact) mass is 300 g/mol. The fraction of sp³-hybridized carbons (Fsp3) is 0.412. The van der Waals surface area contributed by atoms with E-state index in [1.807, 2.05) is 30.3 Å². The summed E-state index contributed by atoms with van der Waals surface area (Å²) in [6.45, 7) is 1.13. The molecule has 0 bridgehead atoms. The molecule has 3 rings (SSSR count). The summed E-state index contributed by atoms with van der Waals surface area (Å²) in [5.41, 5.74) is 1.00. The Labute approximate surface area is 129 Å². The zero-order valence-electron chi connectivity index (χ0n) is 12.4. The predicted octanol–water partition coefficient (Wildman–Crippen LogP) is 2.26. The second-order valence-electron chi connectivity index (χ2n) is 5.62. The van der Waals surface area contributed by atoms with Gasteiger partial charge in [0.1, 0.15) is 0 Å². The van der Waals surface area contributed by atoms with Gasteiger partial charge in [-0.15, -0.1) is 0 Å². The Hall–Kier alpha value is -2.14. The number of nitrogens with zero attached hydrogens (tertiary/aromatic N) is 2.